The van der Waals surface area contributed by atoms with Crippen LogP contribution in [0.1, 0.15) is 62.2 Å². The molecule has 2 N–H and O–H groups in total. The SMILES string of the molecule is CCCCCCCSc1ccc(NC)cc1.CSN(C)c1ccc(N2CCNC3(CC3)C2)cc1C=O. The predicted octanol–water partition coefficient (Wildman–Crippen LogP) is 6.95. The van der Waals surface area contributed by atoms with Gasteiger partial charge in [-0.3, -0.25) is 4.79 Å². The lowest BCUT2D eigenvalue weighted by atomic mass is 10.1. The molecule has 4 rings (SSSR count). The topological polar surface area (TPSA) is 47.6 Å². The highest BCUT2D eigenvalue weighted by atomic mass is 32.2. The van der Waals surface area contributed by atoms with Crippen molar-refractivity contribution in [3.8, 4) is 0 Å². The number of thioether (sulfide) groups is 1. The van der Waals surface area contributed by atoms with Gasteiger partial charge in [-0.1, -0.05) is 44.6 Å². The summed E-state index contributed by atoms with van der Waals surface area (Å²) < 4.78 is 2.02. The van der Waals surface area contributed by atoms with Crippen LogP contribution >= 0.6 is 23.7 Å². The highest BCUT2D eigenvalue weighted by Crippen LogP contribution is 2.39. The van der Waals surface area contributed by atoms with Gasteiger partial charge in [-0.2, -0.15) is 0 Å². The molecule has 2 aromatic rings. The van der Waals surface area contributed by atoms with Crippen molar-refractivity contribution in [2.45, 2.75) is 62.3 Å². The number of aldehydes is 1. The molecular weight excluding hydrogens is 484 g/mol. The molecule has 36 heavy (non-hydrogen) atoms. The Bertz CT molecular complexity index is 933. The Morgan fingerprint density at radius 1 is 1.11 bits per heavy atom. The van der Waals surface area contributed by atoms with Gasteiger partial charge in [-0.15, -0.1) is 11.8 Å². The van der Waals surface area contributed by atoms with Gasteiger partial charge in [-0.25, -0.2) is 0 Å². The van der Waals surface area contributed by atoms with E-state index in [1.807, 2.05) is 42.5 Å². The van der Waals surface area contributed by atoms with Gasteiger partial charge in [0.2, 0.25) is 0 Å². The molecule has 0 radical (unpaired) electrons. The number of nitrogens with zero attached hydrogens (tertiary/aromatic N) is 2. The number of piperazine rings is 1. The molecule has 198 valence electrons. The second-order valence-corrected chi connectivity index (χ2v) is 11.8. The maximum Gasteiger partial charge on any atom is 0.152 e. The van der Waals surface area contributed by atoms with Gasteiger partial charge in [0.15, 0.2) is 6.29 Å². The van der Waals surface area contributed by atoms with E-state index in [0.29, 0.717) is 5.54 Å². The van der Waals surface area contributed by atoms with Crippen molar-refractivity contribution in [1.82, 2.24) is 5.32 Å². The predicted molar refractivity (Wildman–Crippen MR) is 161 cm³/mol. The fraction of sp³-hybridized carbons (Fsp3) is 0.552. The van der Waals surface area contributed by atoms with Crippen molar-refractivity contribution in [1.29, 1.82) is 0 Å². The van der Waals surface area contributed by atoms with Crippen molar-refractivity contribution < 1.29 is 4.79 Å². The van der Waals surface area contributed by atoms with Crippen molar-refractivity contribution in [3.63, 3.8) is 0 Å². The molecule has 0 amide bonds. The lowest BCUT2D eigenvalue weighted by Crippen LogP contribution is -2.52. The number of unbranched alkanes of at least 4 members (excludes halogenated alkanes) is 4. The first-order valence-corrected chi connectivity index (χ1v) is 15.5. The molecule has 1 aliphatic carbocycles. The number of rotatable bonds is 12. The third-order valence-electron chi connectivity index (χ3n) is 7.00. The van der Waals surface area contributed by atoms with Crippen molar-refractivity contribution in [3.05, 3.63) is 48.0 Å². The number of benzene rings is 2. The average Bonchev–Trinajstić information content (AvgIpc) is 3.68. The number of carbonyl (C=O) groups is 1. The van der Waals surface area contributed by atoms with Gasteiger partial charge >= 0.3 is 0 Å². The van der Waals surface area contributed by atoms with Gasteiger partial charge in [0.05, 0.1) is 5.69 Å². The quantitative estimate of drug-likeness (QED) is 0.134. The maximum absolute atomic E-state index is 11.4. The van der Waals surface area contributed by atoms with Crippen LogP contribution in [0.25, 0.3) is 0 Å². The summed E-state index contributed by atoms with van der Waals surface area (Å²) in [5.41, 5.74) is 4.45. The van der Waals surface area contributed by atoms with Crippen LogP contribution in [0, 0.1) is 0 Å². The van der Waals surface area contributed by atoms with Crippen molar-refractivity contribution in [2.75, 3.05) is 60.3 Å². The third kappa shape index (κ3) is 8.63. The van der Waals surface area contributed by atoms with E-state index in [9.17, 15) is 4.79 Å². The Labute approximate surface area is 227 Å². The Hall–Kier alpha value is -1.83. The summed E-state index contributed by atoms with van der Waals surface area (Å²) in [7, 11) is 3.94. The number of nitrogens with one attached hydrogen (secondary N) is 2. The zero-order chi connectivity index (χ0) is 25.8. The zero-order valence-corrected chi connectivity index (χ0v) is 24.1. The standard InChI is InChI=1S/C15H21N3OS.C14H23NS/c1-17(20-2)14-4-3-13(9-12(14)10-19)18-8-7-16-15(11-18)5-6-15;1-3-4-5-6-7-12-16-14-10-8-13(15-2)9-11-14/h3-4,9-10,16H,5-8,11H2,1-2H3;8-11,15H,3-7,12H2,1-2H3. The summed E-state index contributed by atoms with van der Waals surface area (Å²) in [5.74, 6) is 1.25. The fourth-order valence-electron chi connectivity index (χ4n) is 4.49. The smallest absolute Gasteiger partial charge is 0.152 e. The van der Waals surface area contributed by atoms with Crippen LogP contribution in [0.3, 0.4) is 0 Å². The summed E-state index contributed by atoms with van der Waals surface area (Å²) in [6.07, 6.45) is 12.4. The Balaban J connectivity index is 0.000000207. The minimum atomic E-state index is 0.355. The molecule has 1 heterocycles. The number of hydrogen-bond donors (Lipinski definition) is 2. The van der Waals surface area contributed by atoms with Crippen LogP contribution in [0.4, 0.5) is 17.1 Å². The molecule has 2 aliphatic rings. The van der Waals surface area contributed by atoms with Crippen molar-refractivity contribution in [2.24, 2.45) is 0 Å². The molecule has 0 aromatic heterocycles. The average molecular weight is 529 g/mol. The zero-order valence-electron chi connectivity index (χ0n) is 22.5. The van der Waals surface area contributed by atoms with Crippen LogP contribution in [0.5, 0.6) is 0 Å². The molecule has 1 saturated heterocycles. The first-order chi connectivity index (χ1) is 17.5. The first kappa shape index (κ1) is 28.7. The Morgan fingerprint density at radius 2 is 1.86 bits per heavy atom. The summed E-state index contributed by atoms with van der Waals surface area (Å²) in [6.45, 7) is 5.36. The molecule has 5 nitrogen and oxygen atoms in total. The molecule has 2 fully saturated rings. The van der Waals surface area contributed by atoms with E-state index < -0.39 is 0 Å². The number of anilines is 3. The molecule has 1 saturated carbocycles. The maximum atomic E-state index is 11.4. The minimum Gasteiger partial charge on any atom is -0.388 e. The number of carbonyl (C=O) groups excluding carboxylic acids is 1. The van der Waals surface area contributed by atoms with Gasteiger partial charge in [0.25, 0.3) is 0 Å². The Kier molecular flexibility index (Phi) is 11.8. The van der Waals surface area contributed by atoms with Crippen molar-refractivity contribution >= 4 is 47.1 Å². The van der Waals surface area contributed by atoms with E-state index >= 15 is 0 Å². The normalized spacial score (nSPS) is 15.7. The van der Waals surface area contributed by atoms with E-state index in [0.717, 1.165) is 42.9 Å². The van der Waals surface area contributed by atoms with Crippen LogP contribution in [-0.4, -0.2) is 57.6 Å². The summed E-state index contributed by atoms with van der Waals surface area (Å²) >= 11 is 3.58. The molecule has 7 heteroatoms. The van der Waals surface area contributed by atoms with Gasteiger partial charge in [-0.05, 0) is 67.5 Å². The van der Waals surface area contributed by atoms with Crippen LogP contribution in [-0.2, 0) is 0 Å². The van der Waals surface area contributed by atoms with E-state index in [1.165, 1.54) is 61.3 Å². The van der Waals surface area contributed by atoms with E-state index in [4.69, 9.17) is 0 Å². The summed E-state index contributed by atoms with van der Waals surface area (Å²) in [5, 5.41) is 6.75. The molecule has 0 unspecified atom stereocenters. The second kappa shape index (κ2) is 14.8. The molecule has 0 atom stereocenters. The Morgan fingerprint density at radius 3 is 2.50 bits per heavy atom. The van der Waals surface area contributed by atoms with Crippen LogP contribution < -0.4 is 19.8 Å². The molecular formula is C29H44N4OS2. The summed E-state index contributed by atoms with van der Waals surface area (Å²) in [6, 6.07) is 14.9. The fourth-order valence-corrected chi connectivity index (χ4v) is 5.77. The van der Waals surface area contributed by atoms with E-state index in [-0.39, 0.29) is 0 Å². The highest BCUT2D eigenvalue weighted by Gasteiger charge is 2.45. The van der Waals surface area contributed by atoms with Crippen LogP contribution in [0.15, 0.2) is 47.4 Å². The van der Waals surface area contributed by atoms with Gasteiger partial charge < -0.3 is 19.8 Å². The second-order valence-electron chi connectivity index (χ2n) is 9.71. The lowest BCUT2D eigenvalue weighted by Gasteiger charge is -2.36. The van der Waals surface area contributed by atoms with Gasteiger partial charge in [0, 0.05) is 67.4 Å². The summed E-state index contributed by atoms with van der Waals surface area (Å²) in [4.78, 5) is 15.1. The molecule has 2 aromatic carbocycles. The molecule has 0 bridgehead atoms. The minimum absolute atomic E-state index is 0.355. The van der Waals surface area contributed by atoms with Gasteiger partial charge in [0.1, 0.15) is 0 Å². The first-order valence-electron chi connectivity index (χ1n) is 13.3. The monoisotopic (exact) mass is 528 g/mol. The van der Waals surface area contributed by atoms with E-state index in [1.54, 1.807) is 11.9 Å². The third-order valence-corrected chi connectivity index (χ3v) is 8.85. The van der Waals surface area contributed by atoms with E-state index in [2.05, 4.69) is 58.9 Å². The number of hydrogen-bond acceptors (Lipinski definition) is 7. The van der Waals surface area contributed by atoms with Crippen LogP contribution in [0.2, 0.25) is 0 Å². The highest BCUT2D eigenvalue weighted by molar-refractivity contribution is 8.00. The molecule has 1 spiro atoms. The molecule has 1 aliphatic heterocycles. The lowest BCUT2D eigenvalue weighted by molar-refractivity contribution is 0.112. The largest absolute Gasteiger partial charge is 0.388 e.